The summed E-state index contributed by atoms with van der Waals surface area (Å²) < 4.78 is 9.55. The van der Waals surface area contributed by atoms with Crippen LogP contribution in [0.1, 0.15) is 19.4 Å². The lowest BCUT2D eigenvalue weighted by molar-refractivity contribution is -0.121. The number of methoxy groups -OCH3 is 1. The van der Waals surface area contributed by atoms with E-state index in [2.05, 4.69) is 5.32 Å². The van der Waals surface area contributed by atoms with Gasteiger partial charge in [0.05, 0.1) is 12.5 Å². The molecule has 0 saturated heterocycles. The number of carbonyl (C=O) groups is 1. The molecule has 0 radical (unpaired) electrons. The molecule has 0 spiro atoms. The summed E-state index contributed by atoms with van der Waals surface area (Å²) in [4.78, 5) is 37.6. The van der Waals surface area contributed by atoms with Gasteiger partial charge in [0.2, 0.25) is 5.91 Å². The van der Waals surface area contributed by atoms with Crippen LogP contribution in [0.25, 0.3) is 11.0 Å². The van der Waals surface area contributed by atoms with Crippen LogP contribution in [0.5, 0.6) is 5.75 Å². The Morgan fingerprint density at radius 1 is 1.11 bits per heavy atom. The lowest BCUT2D eigenvalue weighted by atomic mass is 10.2. The number of aromatic nitrogens is 3. The van der Waals surface area contributed by atoms with Crippen LogP contribution in [-0.4, -0.2) is 26.7 Å². The van der Waals surface area contributed by atoms with E-state index in [9.17, 15) is 14.4 Å². The molecule has 1 N–H and O–H groups in total. The summed E-state index contributed by atoms with van der Waals surface area (Å²) in [7, 11) is 1.59. The number of fused-ring (bicyclic) bond motifs is 1. The van der Waals surface area contributed by atoms with Crippen molar-refractivity contribution in [2.45, 2.75) is 40.0 Å². The summed E-state index contributed by atoms with van der Waals surface area (Å²) in [5.74, 6) is 0.511. The number of carbonyl (C=O) groups excluding carboxylic acids is 1. The van der Waals surface area contributed by atoms with Crippen molar-refractivity contribution in [3.05, 3.63) is 62.9 Å². The Morgan fingerprint density at radius 2 is 1.86 bits per heavy atom. The predicted molar refractivity (Wildman–Crippen MR) is 107 cm³/mol. The molecule has 1 amide bonds. The van der Waals surface area contributed by atoms with E-state index in [0.717, 1.165) is 11.3 Å². The van der Waals surface area contributed by atoms with Gasteiger partial charge in [-0.1, -0.05) is 12.1 Å². The minimum atomic E-state index is -0.362. The Labute approximate surface area is 162 Å². The quantitative estimate of drug-likeness (QED) is 0.666. The van der Waals surface area contributed by atoms with Gasteiger partial charge in [0.25, 0.3) is 5.56 Å². The molecule has 3 aromatic rings. The van der Waals surface area contributed by atoms with E-state index in [0.29, 0.717) is 30.7 Å². The first-order valence-electron chi connectivity index (χ1n) is 9.22. The van der Waals surface area contributed by atoms with Crippen molar-refractivity contribution in [3.8, 4) is 5.75 Å². The van der Waals surface area contributed by atoms with Gasteiger partial charge >= 0.3 is 5.69 Å². The number of rotatable bonds is 7. The molecule has 8 heteroatoms. The topological polar surface area (TPSA) is 87.3 Å². The van der Waals surface area contributed by atoms with Crippen molar-refractivity contribution < 1.29 is 9.53 Å². The van der Waals surface area contributed by atoms with Crippen molar-refractivity contribution >= 4 is 16.9 Å². The molecule has 148 valence electrons. The fraction of sp³-hybridized carbons (Fsp3) is 0.350. The summed E-state index contributed by atoms with van der Waals surface area (Å²) in [6.07, 6.45) is 1.67. The van der Waals surface area contributed by atoms with E-state index >= 15 is 0 Å². The van der Waals surface area contributed by atoms with Crippen LogP contribution in [-0.2, 0) is 31.0 Å². The van der Waals surface area contributed by atoms with E-state index in [1.54, 1.807) is 30.9 Å². The maximum Gasteiger partial charge on any atom is 0.332 e. The Balaban J connectivity index is 1.85. The van der Waals surface area contributed by atoms with Gasteiger partial charge in [-0.25, -0.2) is 4.79 Å². The minimum absolute atomic E-state index is 0.0164. The highest BCUT2D eigenvalue weighted by molar-refractivity contribution is 5.80. The summed E-state index contributed by atoms with van der Waals surface area (Å²) in [6, 6.07) is 9.11. The van der Waals surface area contributed by atoms with E-state index in [1.807, 2.05) is 31.2 Å². The third kappa shape index (κ3) is 3.58. The van der Waals surface area contributed by atoms with Crippen molar-refractivity contribution in [3.63, 3.8) is 0 Å². The molecule has 0 bridgehead atoms. The van der Waals surface area contributed by atoms with Crippen LogP contribution >= 0.6 is 0 Å². The smallest absolute Gasteiger partial charge is 0.332 e. The van der Waals surface area contributed by atoms with Gasteiger partial charge in [0.15, 0.2) is 0 Å². The average molecular weight is 384 g/mol. The zero-order valence-corrected chi connectivity index (χ0v) is 16.3. The number of aryl methyl sites for hydroxylation is 1. The highest BCUT2D eigenvalue weighted by Crippen LogP contribution is 2.13. The normalized spacial score (nSPS) is 11.0. The molecule has 28 heavy (non-hydrogen) atoms. The minimum Gasteiger partial charge on any atom is -0.497 e. The Hall–Kier alpha value is -3.29. The summed E-state index contributed by atoms with van der Waals surface area (Å²) in [6.45, 7) is 4.69. The van der Waals surface area contributed by atoms with Crippen LogP contribution < -0.4 is 21.3 Å². The SMILES string of the molecule is CCn1c(=O)c2ccn(CC(=O)NCc3cccc(OC)c3)c2n(CC)c1=O. The number of benzene rings is 1. The van der Waals surface area contributed by atoms with Gasteiger partial charge in [-0.3, -0.25) is 18.7 Å². The lowest BCUT2D eigenvalue weighted by Gasteiger charge is -2.13. The zero-order chi connectivity index (χ0) is 20.3. The van der Waals surface area contributed by atoms with Crippen molar-refractivity contribution in [1.29, 1.82) is 0 Å². The van der Waals surface area contributed by atoms with Crippen molar-refractivity contribution in [1.82, 2.24) is 19.0 Å². The summed E-state index contributed by atoms with van der Waals surface area (Å²) >= 11 is 0. The Bertz CT molecular complexity index is 1120. The third-order valence-corrected chi connectivity index (χ3v) is 4.70. The molecule has 0 aliphatic rings. The van der Waals surface area contributed by atoms with Crippen LogP contribution in [0.15, 0.2) is 46.1 Å². The van der Waals surface area contributed by atoms with Gasteiger partial charge in [-0.15, -0.1) is 0 Å². The standard InChI is InChI=1S/C20H24N4O4/c1-4-23-18-16(19(26)24(5-2)20(23)27)9-10-22(18)13-17(25)21-12-14-7-6-8-15(11-14)28-3/h6-11H,4-5,12-13H2,1-3H3,(H,21,25). The molecule has 1 aromatic carbocycles. The second kappa shape index (κ2) is 8.16. The van der Waals surface area contributed by atoms with Crippen LogP contribution in [0.2, 0.25) is 0 Å². The van der Waals surface area contributed by atoms with Crippen LogP contribution in [0.3, 0.4) is 0 Å². The summed E-state index contributed by atoms with van der Waals surface area (Å²) in [5, 5.41) is 3.29. The highest BCUT2D eigenvalue weighted by Gasteiger charge is 2.16. The first-order valence-corrected chi connectivity index (χ1v) is 9.22. The van der Waals surface area contributed by atoms with Gasteiger partial charge in [0.1, 0.15) is 17.9 Å². The van der Waals surface area contributed by atoms with E-state index in [4.69, 9.17) is 4.74 Å². The van der Waals surface area contributed by atoms with E-state index in [1.165, 1.54) is 9.13 Å². The van der Waals surface area contributed by atoms with Crippen LogP contribution in [0, 0.1) is 0 Å². The Morgan fingerprint density at radius 3 is 2.54 bits per heavy atom. The maximum atomic E-state index is 12.6. The second-order valence-electron chi connectivity index (χ2n) is 6.39. The fourth-order valence-electron chi connectivity index (χ4n) is 3.29. The molecular formula is C20H24N4O4. The first-order chi connectivity index (χ1) is 13.5. The zero-order valence-electron chi connectivity index (χ0n) is 16.3. The van der Waals surface area contributed by atoms with E-state index in [-0.39, 0.29) is 23.7 Å². The van der Waals surface area contributed by atoms with Gasteiger partial charge < -0.3 is 14.6 Å². The molecule has 0 unspecified atom stereocenters. The number of amides is 1. The molecule has 3 rings (SSSR count). The Kier molecular flexibility index (Phi) is 5.67. The molecule has 0 aliphatic carbocycles. The van der Waals surface area contributed by atoms with Gasteiger partial charge in [0, 0.05) is 25.8 Å². The van der Waals surface area contributed by atoms with E-state index < -0.39 is 0 Å². The monoisotopic (exact) mass is 384 g/mol. The molecule has 0 aliphatic heterocycles. The lowest BCUT2D eigenvalue weighted by Crippen LogP contribution is -2.40. The van der Waals surface area contributed by atoms with Crippen LogP contribution in [0.4, 0.5) is 0 Å². The van der Waals surface area contributed by atoms with Crippen molar-refractivity contribution in [2.75, 3.05) is 7.11 Å². The largest absolute Gasteiger partial charge is 0.497 e. The maximum absolute atomic E-state index is 12.6. The molecule has 0 fully saturated rings. The average Bonchev–Trinajstić information content (AvgIpc) is 3.11. The number of hydrogen-bond donors (Lipinski definition) is 1. The molecule has 0 saturated carbocycles. The molecule has 2 aromatic heterocycles. The van der Waals surface area contributed by atoms with Gasteiger partial charge in [-0.2, -0.15) is 0 Å². The molecule has 8 nitrogen and oxygen atoms in total. The molecule has 0 atom stereocenters. The predicted octanol–water partition coefficient (Wildman–Crippen LogP) is 1.33. The second-order valence-corrected chi connectivity index (χ2v) is 6.39. The first kappa shape index (κ1) is 19.5. The van der Waals surface area contributed by atoms with Gasteiger partial charge in [-0.05, 0) is 37.6 Å². The third-order valence-electron chi connectivity index (χ3n) is 4.70. The highest BCUT2D eigenvalue weighted by atomic mass is 16.5. The number of hydrogen-bond acceptors (Lipinski definition) is 4. The molecular weight excluding hydrogens is 360 g/mol. The summed E-state index contributed by atoms with van der Waals surface area (Å²) in [5.41, 5.74) is 0.696. The number of nitrogens with zero attached hydrogens (tertiary/aromatic N) is 3. The number of ether oxygens (including phenoxy) is 1. The fourth-order valence-corrected chi connectivity index (χ4v) is 3.29. The molecule has 2 heterocycles. The number of nitrogens with one attached hydrogen (secondary N) is 1. The van der Waals surface area contributed by atoms with Crippen molar-refractivity contribution in [2.24, 2.45) is 0 Å².